The largest absolute Gasteiger partial charge is 0.507 e. The third kappa shape index (κ3) is 5.12. The van der Waals surface area contributed by atoms with E-state index in [0.717, 1.165) is 21.2 Å². The first-order valence-electron chi connectivity index (χ1n) is 12.2. The van der Waals surface area contributed by atoms with Gasteiger partial charge >= 0.3 is 0 Å². The summed E-state index contributed by atoms with van der Waals surface area (Å²) in [4.78, 5) is 29.1. The standard InChI is InChI=1S/C32H25NO4S/c1-2-33-25-15-13-23(29(36)19-27(34)21-9-5-3-6-10-21)17-31(25)38-32-18-24(14-16-26(32)33)30(37)20-28(35)22-11-7-4-8-12-22/h3-20,36-37H,2H2,1H3/b29-19-,30-20-. The summed E-state index contributed by atoms with van der Waals surface area (Å²) in [5.74, 6) is -0.758. The number of nitrogens with zero attached hydrogens (tertiary/aromatic N) is 1. The Morgan fingerprint density at radius 3 is 1.47 bits per heavy atom. The minimum Gasteiger partial charge on any atom is -0.507 e. The molecule has 0 saturated heterocycles. The fourth-order valence-electron chi connectivity index (χ4n) is 4.33. The van der Waals surface area contributed by atoms with Gasteiger partial charge < -0.3 is 15.1 Å². The Labute approximate surface area is 225 Å². The van der Waals surface area contributed by atoms with E-state index in [0.29, 0.717) is 28.8 Å². The molecule has 1 aliphatic rings. The second-order valence-corrected chi connectivity index (χ2v) is 9.81. The number of carbonyl (C=O) groups is 2. The van der Waals surface area contributed by atoms with Crippen molar-refractivity contribution >= 4 is 46.2 Å². The monoisotopic (exact) mass is 519 g/mol. The number of benzene rings is 4. The molecule has 6 heteroatoms. The highest BCUT2D eigenvalue weighted by molar-refractivity contribution is 7.99. The molecule has 0 bridgehead atoms. The zero-order valence-corrected chi connectivity index (χ0v) is 21.5. The van der Waals surface area contributed by atoms with E-state index in [1.165, 1.54) is 23.9 Å². The number of rotatable bonds is 7. The van der Waals surface area contributed by atoms with Crippen molar-refractivity contribution in [2.24, 2.45) is 0 Å². The lowest BCUT2D eigenvalue weighted by Gasteiger charge is -2.32. The maximum atomic E-state index is 12.5. The van der Waals surface area contributed by atoms with Crippen molar-refractivity contribution in [3.63, 3.8) is 0 Å². The van der Waals surface area contributed by atoms with Crippen LogP contribution in [0, 0.1) is 0 Å². The van der Waals surface area contributed by atoms with Gasteiger partial charge in [0.1, 0.15) is 11.5 Å². The van der Waals surface area contributed by atoms with Gasteiger partial charge in [-0.05, 0) is 43.3 Å². The quantitative estimate of drug-likeness (QED) is 0.147. The Hall–Kier alpha value is -4.55. The van der Waals surface area contributed by atoms with Crippen molar-refractivity contribution in [2.75, 3.05) is 11.4 Å². The molecule has 5 rings (SSSR count). The van der Waals surface area contributed by atoms with Gasteiger partial charge in [0.15, 0.2) is 11.6 Å². The summed E-state index contributed by atoms with van der Waals surface area (Å²) in [6, 6.07) is 28.8. The molecule has 5 nitrogen and oxygen atoms in total. The van der Waals surface area contributed by atoms with Crippen LogP contribution in [0.15, 0.2) is 119 Å². The van der Waals surface area contributed by atoms with Gasteiger partial charge in [-0.1, -0.05) is 72.4 Å². The van der Waals surface area contributed by atoms with Crippen LogP contribution in [0.25, 0.3) is 11.5 Å². The molecule has 4 aromatic carbocycles. The molecule has 0 fully saturated rings. The summed E-state index contributed by atoms with van der Waals surface area (Å²) < 4.78 is 0. The summed E-state index contributed by atoms with van der Waals surface area (Å²) in [6.07, 6.45) is 2.47. The average molecular weight is 520 g/mol. The Morgan fingerprint density at radius 2 is 1.08 bits per heavy atom. The van der Waals surface area contributed by atoms with Crippen LogP contribution in [-0.2, 0) is 0 Å². The second-order valence-electron chi connectivity index (χ2n) is 8.73. The normalized spacial score (nSPS) is 13.0. The molecule has 0 amide bonds. The Bertz CT molecular complexity index is 1460. The molecule has 188 valence electrons. The fraction of sp³-hybridized carbons (Fsp3) is 0.0625. The summed E-state index contributed by atoms with van der Waals surface area (Å²) in [5.41, 5.74) is 4.05. The SMILES string of the molecule is CCN1c2ccc(/C(O)=C/C(=O)c3ccccc3)cc2Sc2cc(/C(O)=C/C(=O)c3ccccc3)ccc21. The number of carbonyl (C=O) groups excluding carboxylic acids is 2. The number of aliphatic hydroxyl groups is 2. The van der Waals surface area contributed by atoms with E-state index in [-0.39, 0.29) is 23.1 Å². The third-order valence-corrected chi connectivity index (χ3v) is 7.37. The molecule has 2 N–H and O–H groups in total. The molecule has 0 spiro atoms. The maximum Gasteiger partial charge on any atom is 0.189 e. The summed E-state index contributed by atoms with van der Waals surface area (Å²) in [5, 5.41) is 21.4. The average Bonchev–Trinajstić information content (AvgIpc) is 2.96. The van der Waals surface area contributed by atoms with Gasteiger partial charge in [0.25, 0.3) is 0 Å². The zero-order chi connectivity index (χ0) is 26.6. The van der Waals surface area contributed by atoms with E-state index < -0.39 is 0 Å². The van der Waals surface area contributed by atoms with E-state index in [1.54, 1.807) is 60.7 Å². The number of hydrogen-bond acceptors (Lipinski definition) is 6. The number of fused-ring (bicyclic) bond motifs is 2. The molecule has 1 aliphatic heterocycles. The van der Waals surface area contributed by atoms with Gasteiger partial charge in [0.05, 0.1) is 11.4 Å². The first-order chi connectivity index (χ1) is 18.4. The van der Waals surface area contributed by atoms with Crippen molar-refractivity contribution < 1.29 is 19.8 Å². The van der Waals surface area contributed by atoms with Crippen LogP contribution in [0.4, 0.5) is 11.4 Å². The van der Waals surface area contributed by atoms with Crippen LogP contribution < -0.4 is 4.90 Å². The van der Waals surface area contributed by atoms with E-state index in [9.17, 15) is 19.8 Å². The smallest absolute Gasteiger partial charge is 0.189 e. The van der Waals surface area contributed by atoms with Gasteiger partial charge in [-0.2, -0.15) is 0 Å². The molecular formula is C32H25NO4S. The van der Waals surface area contributed by atoms with Crippen molar-refractivity contribution in [1.82, 2.24) is 0 Å². The predicted octanol–water partition coefficient (Wildman–Crippen LogP) is 7.87. The maximum absolute atomic E-state index is 12.5. The van der Waals surface area contributed by atoms with Crippen LogP contribution >= 0.6 is 11.8 Å². The summed E-state index contributed by atoms with van der Waals surface area (Å²) >= 11 is 1.51. The first kappa shape index (κ1) is 25.1. The van der Waals surface area contributed by atoms with E-state index in [4.69, 9.17) is 0 Å². The van der Waals surface area contributed by atoms with Gasteiger partial charge in [0, 0.05) is 50.7 Å². The second kappa shape index (κ2) is 10.8. The molecule has 0 atom stereocenters. The first-order valence-corrected chi connectivity index (χ1v) is 13.0. The van der Waals surface area contributed by atoms with E-state index in [1.807, 2.05) is 36.4 Å². The molecule has 4 aromatic rings. The molecule has 1 heterocycles. The third-order valence-electron chi connectivity index (χ3n) is 6.28. The topological polar surface area (TPSA) is 77.8 Å². The predicted molar refractivity (Wildman–Crippen MR) is 152 cm³/mol. The Kier molecular flexibility index (Phi) is 7.15. The molecule has 0 saturated carbocycles. The van der Waals surface area contributed by atoms with Gasteiger partial charge in [-0.15, -0.1) is 0 Å². The van der Waals surface area contributed by atoms with Crippen LogP contribution in [0.1, 0.15) is 38.8 Å². The number of aliphatic hydroxyl groups excluding tert-OH is 2. The summed E-state index contributed by atoms with van der Waals surface area (Å²) in [6.45, 7) is 2.76. The van der Waals surface area contributed by atoms with Gasteiger partial charge in [-0.3, -0.25) is 9.59 Å². The molecule has 0 aromatic heterocycles. The van der Waals surface area contributed by atoms with Crippen molar-refractivity contribution in [3.05, 3.63) is 131 Å². The number of anilines is 2. The summed E-state index contributed by atoms with van der Waals surface area (Å²) in [7, 11) is 0. The molecule has 38 heavy (non-hydrogen) atoms. The Balaban J connectivity index is 1.44. The van der Waals surface area contributed by atoms with Crippen LogP contribution in [0.2, 0.25) is 0 Å². The van der Waals surface area contributed by atoms with E-state index >= 15 is 0 Å². The highest BCUT2D eigenvalue weighted by atomic mass is 32.2. The van der Waals surface area contributed by atoms with E-state index in [2.05, 4.69) is 11.8 Å². The minimum atomic E-state index is -0.272. The lowest BCUT2D eigenvalue weighted by Crippen LogP contribution is -2.20. The highest BCUT2D eigenvalue weighted by Crippen LogP contribution is 2.49. The van der Waals surface area contributed by atoms with Crippen LogP contribution in [0.3, 0.4) is 0 Å². The van der Waals surface area contributed by atoms with Gasteiger partial charge in [-0.25, -0.2) is 0 Å². The highest BCUT2D eigenvalue weighted by Gasteiger charge is 2.24. The van der Waals surface area contributed by atoms with Crippen LogP contribution in [0.5, 0.6) is 0 Å². The molecule has 0 aliphatic carbocycles. The molecule has 0 unspecified atom stereocenters. The Morgan fingerprint density at radius 1 is 0.658 bits per heavy atom. The molecule has 0 radical (unpaired) electrons. The number of allylic oxidation sites excluding steroid dienone is 2. The molecular weight excluding hydrogens is 494 g/mol. The lowest BCUT2D eigenvalue weighted by molar-refractivity contribution is 0.103. The van der Waals surface area contributed by atoms with Gasteiger partial charge in [0.2, 0.25) is 0 Å². The van der Waals surface area contributed by atoms with Crippen molar-refractivity contribution in [1.29, 1.82) is 0 Å². The van der Waals surface area contributed by atoms with Crippen LogP contribution in [-0.4, -0.2) is 28.3 Å². The minimum absolute atomic E-state index is 0.107. The van der Waals surface area contributed by atoms with Crippen molar-refractivity contribution in [3.8, 4) is 0 Å². The fourth-order valence-corrected chi connectivity index (χ4v) is 5.51. The number of hydrogen-bond donors (Lipinski definition) is 2. The lowest BCUT2D eigenvalue weighted by atomic mass is 10.1. The zero-order valence-electron chi connectivity index (χ0n) is 20.7. The number of ketones is 2. The van der Waals surface area contributed by atoms with Crippen molar-refractivity contribution in [2.45, 2.75) is 16.7 Å².